The SMILES string of the molecule is O=C1NCNC12CCN(c1nc(O)c(C(Cc3ccc(Cl)cc3C(F)(F)F)=c3ccc4c(c3)C=NN=4)s1)CC2. The standard InChI is InChI=1S/C26H22ClF3N6O2S/c27-17-3-1-15(19(11-17)26(28,29)30)10-18(14-2-4-20-16(9-14)12-33-35-20)21-22(37)34-24(39-21)36-7-5-25(6-8-36)23(38)31-13-32-25/h1-4,9,11-12,32,37H,5-8,10,13H2,(H,31,38). The lowest BCUT2D eigenvalue weighted by Gasteiger charge is -2.37. The Hall–Kier alpha value is -3.48. The molecular formula is C26H22ClF3N6O2S. The molecule has 0 atom stereocenters. The third-order valence-corrected chi connectivity index (χ3v) is 8.75. The number of hydrogen-bond acceptors (Lipinski definition) is 8. The molecule has 4 heterocycles. The minimum atomic E-state index is -4.61. The van der Waals surface area contributed by atoms with Gasteiger partial charge in [0.1, 0.15) is 5.54 Å². The molecule has 1 amide bonds. The Morgan fingerprint density at radius 2 is 1.97 bits per heavy atom. The summed E-state index contributed by atoms with van der Waals surface area (Å²) in [5.41, 5.74) is -0.204. The average Bonchev–Trinajstić information content (AvgIpc) is 3.62. The number of fused-ring (bicyclic) bond motifs is 1. The number of piperidine rings is 1. The number of amides is 1. The van der Waals surface area contributed by atoms with Gasteiger partial charge < -0.3 is 15.3 Å². The van der Waals surface area contributed by atoms with E-state index in [9.17, 15) is 23.1 Å². The van der Waals surface area contributed by atoms with Gasteiger partial charge in [-0.3, -0.25) is 10.1 Å². The first kappa shape index (κ1) is 25.8. The molecule has 0 aliphatic carbocycles. The molecule has 3 N–H and O–H groups in total. The first-order chi connectivity index (χ1) is 18.6. The van der Waals surface area contributed by atoms with Gasteiger partial charge in [-0.15, -0.1) is 0 Å². The van der Waals surface area contributed by atoms with E-state index in [0.29, 0.717) is 58.8 Å². The van der Waals surface area contributed by atoms with Crippen molar-refractivity contribution in [2.75, 3.05) is 24.7 Å². The number of thiazole rings is 1. The Bertz CT molecular complexity index is 1630. The highest BCUT2D eigenvalue weighted by Gasteiger charge is 2.44. The second kappa shape index (κ2) is 9.61. The molecule has 2 fully saturated rings. The van der Waals surface area contributed by atoms with E-state index in [2.05, 4.69) is 25.8 Å². The Morgan fingerprint density at radius 3 is 2.69 bits per heavy atom. The number of halogens is 4. The van der Waals surface area contributed by atoms with Crippen LogP contribution in [0.4, 0.5) is 18.3 Å². The van der Waals surface area contributed by atoms with Crippen LogP contribution in [0.3, 0.4) is 0 Å². The van der Waals surface area contributed by atoms with Crippen molar-refractivity contribution in [3.05, 3.63) is 73.6 Å². The lowest BCUT2D eigenvalue weighted by atomic mass is 9.88. The molecule has 3 aliphatic rings. The van der Waals surface area contributed by atoms with Crippen LogP contribution in [0.25, 0.3) is 5.57 Å². The number of aromatic hydroxyl groups is 1. The van der Waals surface area contributed by atoms with E-state index in [4.69, 9.17) is 11.6 Å². The van der Waals surface area contributed by atoms with E-state index < -0.39 is 17.3 Å². The number of aromatic nitrogens is 1. The number of carbonyl (C=O) groups excluding carboxylic acids is 1. The van der Waals surface area contributed by atoms with E-state index in [0.717, 1.165) is 11.6 Å². The number of nitrogens with zero attached hydrogens (tertiary/aromatic N) is 4. The van der Waals surface area contributed by atoms with Crippen LogP contribution < -0.4 is 26.1 Å². The van der Waals surface area contributed by atoms with Crippen LogP contribution in [0, 0.1) is 0 Å². The maximum atomic E-state index is 13.9. The van der Waals surface area contributed by atoms with Gasteiger partial charge in [0.25, 0.3) is 0 Å². The third-order valence-electron chi connectivity index (χ3n) is 7.35. The first-order valence-corrected chi connectivity index (χ1v) is 13.4. The first-order valence-electron chi connectivity index (χ1n) is 12.2. The molecule has 39 heavy (non-hydrogen) atoms. The monoisotopic (exact) mass is 574 g/mol. The van der Waals surface area contributed by atoms with Crippen molar-refractivity contribution in [1.29, 1.82) is 0 Å². The Morgan fingerprint density at radius 1 is 1.18 bits per heavy atom. The molecule has 0 saturated carbocycles. The van der Waals surface area contributed by atoms with Gasteiger partial charge in [0.2, 0.25) is 11.8 Å². The average molecular weight is 575 g/mol. The predicted octanol–water partition coefficient (Wildman–Crippen LogP) is 2.95. The molecule has 0 radical (unpaired) electrons. The van der Waals surface area contributed by atoms with E-state index in [1.54, 1.807) is 24.4 Å². The largest absolute Gasteiger partial charge is 0.492 e. The zero-order chi connectivity index (χ0) is 27.4. The molecule has 8 nitrogen and oxygen atoms in total. The highest BCUT2D eigenvalue weighted by molar-refractivity contribution is 7.17. The second-order valence-electron chi connectivity index (χ2n) is 9.65. The fourth-order valence-electron chi connectivity index (χ4n) is 5.22. The second-order valence-corrected chi connectivity index (χ2v) is 11.1. The van der Waals surface area contributed by atoms with Crippen molar-refractivity contribution in [2.24, 2.45) is 10.2 Å². The molecule has 3 aromatic rings. The molecule has 13 heteroatoms. The summed E-state index contributed by atoms with van der Waals surface area (Å²) in [6.07, 6.45) is -2.02. The number of nitrogens with one attached hydrogen (secondary N) is 2. The maximum Gasteiger partial charge on any atom is 0.416 e. The summed E-state index contributed by atoms with van der Waals surface area (Å²) >= 11 is 7.12. The fraction of sp³-hybridized carbons (Fsp3) is 0.308. The van der Waals surface area contributed by atoms with Crippen LogP contribution in [-0.2, 0) is 17.4 Å². The van der Waals surface area contributed by atoms with Gasteiger partial charge in [0.05, 0.1) is 28.7 Å². The molecule has 0 unspecified atom stereocenters. The van der Waals surface area contributed by atoms with Crippen molar-refractivity contribution in [3.8, 4) is 5.88 Å². The van der Waals surface area contributed by atoms with Crippen molar-refractivity contribution in [3.63, 3.8) is 0 Å². The summed E-state index contributed by atoms with van der Waals surface area (Å²) in [6.45, 7) is 1.51. The van der Waals surface area contributed by atoms with Gasteiger partial charge in [-0.2, -0.15) is 28.4 Å². The maximum absolute atomic E-state index is 13.9. The van der Waals surface area contributed by atoms with E-state index >= 15 is 0 Å². The van der Waals surface area contributed by atoms with E-state index in [1.807, 2.05) is 4.90 Å². The van der Waals surface area contributed by atoms with Gasteiger partial charge in [0.15, 0.2) is 5.13 Å². The highest BCUT2D eigenvalue weighted by atomic mass is 35.5. The predicted molar refractivity (Wildman–Crippen MR) is 142 cm³/mol. The molecule has 1 aromatic heterocycles. The molecular weight excluding hydrogens is 553 g/mol. The molecule has 202 valence electrons. The lowest BCUT2D eigenvalue weighted by Crippen LogP contribution is -2.54. The molecule has 0 bridgehead atoms. The molecule has 3 aliphatic heterocycles. The number of alkyl halides is 3. The summed E-state index contributed by atoms with van der Waals surface area (Å²) in [7, 11) is 0. The van der Waals surface area contributed by atoms with Crippen LogP contribution >= 0.6 is 22.9 Å². The summed E-state index contributed by atoms with van der Waals surface area (Å²) in [4.78, 5) is 19.1. The Labute approximate surface area is 229 Å². The van der Waals surface area contributed by atoms with Gasteiger partial charge >= 0.3 is 6.18 Å². The summed E-state index contributed by atoms with van der Waals surface area (Å²) in [6, 6.07) is 8.99. The number of carbonyl (C=O) groups is 1. The van der Waals surface area contributed by atoms with Crippen LogP contribution in [0.5, 0.6) is 5.88 Å². The summed E-state index contributed by atoms with van der Waals surface area (Å²) in [5.74, 6) is -0.279. The van der Waals surface area contributed by atoms with Crippen molar-refractivity contribution in [2.45, 2.75) is 31.0 Å². The molecule has 2 saturated heterocycles. The highest BCUT2D eigenvalue weighted by Crippen LogP contribution is 2.40. The molecule has 1 spiro atoms. The summed E-state index contributed by atoms with van der Waals surface area (Å²) in [5, 5.41) is 26.8. The van der Waals surface area contributed by atoms with Gasteiger partial charge in [-0.1, -0.05) is 35.1 Å². The van der Waals surface area contributed by atoms with Crippen molar-refractivity contribution in [1.82, 2.24) is 15.6 Å². The minimum absolute atomic E-state index is 0.0146. The van der Waals surface area contributed by atoms with Crippen LogP contribution in [-0.4, -0.2) is 47.5 Å². The molecule has 6 rings (SSSR count). The Kier molecular flexibility index (Phi) is 6.35. The molecule has 2 aromatic carbocycles. The minimum Gasteiger partial charge on any atom is -0.492 e. The normalized spacial score (nSPS) is 18.8. The summed E-state index contributed by atoms with van der Waals surface area (Å²) < 4.78 is 41.8. The quantitative estimate of drug-likeness (QED) is 0.445. The van der Waals surface area contributed by atoms with Gasteiger partial charge in [-0.25, -0.2) is 0 Å². The van der Waals surface area contributed by atoms with Crippen LogP contribution in [0.1, 0.15) is 34.4 Å². The lowest BCUT2D eigenvalue weighted by molar-refractivity contribution is -0.138. The third kappa shape index (κ3) is 4.77. The number of rotatable bonds is 4. The van der Waals surface area contributed by atoms with Gasteiger partial charge in [-0.05, 0) is 53.5 Å². The number of anilines is 1. The van der Waals surface area contributed by atoms with Crippen molar-refractivity contribution >= 4 is 45.8 Å². The number of benzene rings is 2. The zero-order valence-corrected chi connectivity index (χ0v) is 21.9. The smallest absolute Gasteiger partial charge is 0.416 e. The Balaban J connectivity index is 1.41. The van der Waals surface area contributed by atoms with Crippen LogP contribution in [0.15, 0.2) is 46.6 Å². The van der Waals surface area contributed by atoms with Crippen LogP contribution in [0.2, 0.25) is 5.02 Å². The topological polar surface area (TPSA) is 102 Å². The van der Waals surface area contributed by atoms with Gasteiger partial charge in [0, 0.05) is 30.1 Å². The fourth-order valence-corrected chi connectivity index (χ4v) is 6.47. The van der Waals surface area contributed by atoms with Crippen molar-refractivity contribution < 1.29 is 23.1 Å². The zero-order valence-electron chi connectivity index (χ0n) is 20.3. The van der Waals surface area contributed by atoms with E-state index in [-0.39, 0.29) is 28.8 Å². The van der Waals surface area contributed by atoms with E-state index in [1.165, 1.54) is 23.5 Å². The number of hydrogen-bond donors (Lipinski definition) is 3.